The highest BCUT2D eigenvalue weighted by molar-refractivity contribution is 6.15. The van der Waals surface area contributed by atoms with Crippen molar-refractivity contribution in [1.82, 2.24) is 9.88 Å². The summed E-state index contributed by atoms with van der Waals surface area (Å²) in [5.41, 5.74) is 6.91. The number of halogens is 1. The number of carbonyl (C=O) groups is 1. The largest absolute Gasteiger partial charge is 0.474 e. The van der Waals surface area contributed by atoms with Crippen molar-refractivity contribution in [3.8, 4) is 5.88 Å². The van der Waals surface area contributed by atoms with Crippen LogP contribution in [0.4, 0.5) is 10.1 Å². The Bertz CT molecular complexity index is 895. The molecule has 3 rings (SSSR count). The number of amides is 1. The Balaban J connectivity index is 1.92. The van der Waals surface area contributed by atoms with Crippen molar-refractivity contribution in [3.63, 3.8) is 0 Å². The molecule has 28 heavy (non-hydrogen) atoms. The number of ether oxygens (including phenoxy) is 2. The summed E-state index contributed by atoms with van der Waals surface area (Å²) >= 11 is 0. The molecule has 7 nitrogen and oxygen atoms in total. The summed E-state index contributed by atoms with van der Waals surface area (Å²) in [5.74, 6) is -0.902. The van der Waals surface area contributed by atoms with Gasteiger partial charge in [0.05, 0.1) is 30.1 Å². The lowest BCUT2D eigenvalue weighted by molar-refractivity contribution is 0.0237. The second kappa shape index (κ2) is 8.35. The van der Waals surface area contributed by atoms with Crippen LogP contribution in [-0.2, 0) is 4.74 Å². The molecule has 3 N–H and O–H groups in total. The molecule has 0 radical (unpaired) electrons. The zero-order chi connectivity index (χ0) is 20.3. The summed E-state index contributed by atoms with van der Waals surface area (Å²) in [7, 11) is 3.10. The maximum absolute atomic E-state index is 14.5. The minimum atomic E-state index is -0.699. The number of rotatable bonds is 5. The van der Waals surface area contributed by atoms with Crippen molar-refractivity contribution in [3.05, 3.63) is 53.0 Å². The monoisotopic (exact) mass is 386 g/mol. The number of aromatic nitrogens is 1. The van der Waals surface area contributed by atoms with E-state index in [4.69, 9.17) is 20.6 Å². The summed E-state index contributed by atoms with van der Waals surface area (Å²) in [6, 6.07) is 5.62. The van der Waals surface area contributed by atoms with Crippen LogP contribution in [0.5, 0.6) is 5.88 Å². The number of pyridine rings is 1. The summed E-state index contributed by atoms with van der Waals surface area (Å²) in [4.78, 5) is 17.5. The van der Waals surface area contributed by atoms with Crippen molar-refractivity contribution in [2.24, 2.45) is 0 Å². The number of nitrogen functional groups attached to an aromatic ring is 1. The minimum absolute atomic E-state index is 0.0181. The zero-order valence-corrected chi connectivity index (χ0v) is 15.9. The minimum Gasteiger partial charge on any atom is -0.474 e. The highest BCUT2D eigenvalue weighted by atomic mass is 19.1. The third-order valence-corrected chi connectivity index (χ3v) is 4.54. The van der Waals surface area contributed by atoms with E-state index in [0.717, 1.165) is 18.9 Å². The van der Waals surface area contributed by atoms with Crippen LogP contribution in [0.25, 0.3) is 0 Å². The zero-order valence-electron chi connectivity index (χ0n) is 15.9. The fraction of sp³-hybridized carbons (Fsp3) is 0.350. The molecule has 0 aliphatic carbocycles. The first-order chi connectivity index (χ1) is 13.4. The van der Waals surface area contributed by atoms with Gasteiger partial charge >= 0.3 is 0 Å². The summed E-state index contributed by atoms with van der Waals surface area (Å²) in [6.07, 6.45) is 2.88. The van der Waals surface area contributed by atoms with Gasteiger partial charge in [-0.25, -0.2) is 9.37 Å². The Labute approximate surface area is 162 Å². The van der Waals surface area contributed by atoms with Gasteiger partial charge in [0, 0.05) is 44.4 Å². The topological polar surface area (TPSA) is 102 Å². The van der Waals surface area contributed by atoms with Crippen molar-refractivity contribution < 1.29 is 18.7 Å². The summed E-state index contributed by atoms with van der Waals surface area (Å²) < 4.78 is 25.8. The normalized spacial score (nSPS) is 14.5. The first kappa shape index (κ1) is 19.8. The Morgan fingerprint density at radius 3 is 2.68 bits per heavy atom. The molecule has 0 unspecified atom stereocenters. The molecule has 8 heteroatoms. The van der Waals surface area contributed by atoms with Crippen molar-refractivity contribution >= 4 is 17.3 Å². The Hall–Kier alpha value is -3.00. The van der Waals surface area contributed by atoms with E-state index < -0.39 is 11.7 Å². The van der Waals surface area contributed by atoms with Gasteiger partial charge in [-0.15, -0.1) is 0 Å². The SMILES string of the molecule is CN(C)C(=O)c1ccc(C(=N)c2c(N)ccnc2OC2CCOCC2)cc1F. The van der Waals surface area contributed by atoms with E-state index in [2.05, 4.69) is 4.98 Å². The van der Waals surface area contributed by atoms with Gasteiger partial charge in [-0.3, -0.25) is 10.2 Å². The van der Waals surface area contributed by atoms with E-state index in [-0.39, 0.29) is 28.8 Å². The average Bonchev–Trinajstić information content (AvgIpc) is 2.68. The molecule has 2 aromatic rings. The highest BCUT2D eigenvalue weighted by Crippen LogP contribution is 2.28. The van der Waals surface area contributed by atoms with Crippen LogP contribution in [0.1, 0.15) is 34.3 Å². The summed E-state index contributed by atoms with van der Waals surface area (Å²) in [6.45, 7) is 1.21. The van der Waals surface area contributed by atoms with Gasteiger partial charge in [-0.2, -0.15) is 0 Å². The molecule has 2 heterocycles. The third kappa shape index (κ3) is 4.12. The van der Waals surface area contributed by atoms with E-state index in [0.29, 0.717) is 24.5 Å². The van der Waals surface area contributed by atoms with Gasteiger partial charge in [-0.1, -0.05) is 6.07 Å². The molecule has 0 spiro atoms. The molecule has 1 saturated heterocycles. The molecule has 1 aliphatic rings. The third-order valence-electron chi connectivity index (χ3n) is 4.54. The smallest absolute Gasteiger partial charge is 0.256 e. The van der Waals surface area contributed by atoms with E-state index in [1.807, 2.05) is 0 Å². The molecule has 0 atom stereocenters. The maximum Gasteiger partial charge on any atom is 0.256 e. The van der Waals surface area contributed by atoms with Crippen LogP contribution in [-0.4, -0.2) is 54.9 Å². The molecular formula is C20H23FN4O3. The molecule has 0 bridgehead atoms. The van der Waals surface area contributed by atoms with E-state index >= 15 is 0 Å². The molecule has 1 fully saturated rings. The first-order valence-corrected chi connectivity index (χ1v) is 8.98. The van der Waals surface area contributed by atoms with Gasteiger partial charge in [0.25, 0.3) is 5.91 Å². The van der Waals surface area contributed by atoms with E-state index in [1.54, 1.807) is 20.2 Å². The van der Waals surface area contributed by atoms with Crippen LogP contribution < -0.4 is 10.5 Å². The van der Waals surface area contributed by atoms with Crippen molar-refractivity contribution in [2.45, 2.75) is 18.9 Å². The maximum atomic E-state index is 14.5. The fourth-order valence-corrected chi connectivity index (χ4v) is 2.98. The predicted octanol–water partition coefficient (Wildman–Crippen LogP) is 2.48. The lowest BCUT2D eigenvalue weighted by atomic mass is 10.00. The van der Waals surface area contributed by atoms with Gasteiger partial charge in [-0.05, 0) is 18.2 Å². The molecule has 1 aliphatic heterocycles. The molecule has 1 aromatic carbocycles. The van der Waals surface area contributed by atoms with Crippen LogP contribution in [0.3, 0.4) is 0 Å². The van der Waals surface area contributed by atoms with Crippen LogP contribution in [0.2, 0.25) is 0 Å². The molecule has 1 amide bonds. The Morgan fingerprint density at radius 1 is 1.32 bits per heavy atom. The van der Waals surface area contributed by atoms with Crippen LogP contribution in [0.15, 0.2) is 30.5 Å². The van der Waals surface area contributed by atoms with Gasteiger partial charge in [0.2, 0.25) is 5.88 Å². The number of benzene rings is 1. The number of nitrogens with zero attached hydrogens (tertiary/aromatic N) is 2. The lowest BCUT2D eigenvalue weighted by Gasteiger charge is -2.24. The number of anilines is 1. The van der Waals surface area contributed by atoms with Crippen LogP contribution >= 0.6 is 0 Å². The number of carbonyl (C=O) groups excluding carboxylic acids is 1. The van der Waals surface area contributed by atoms with E-state index in [1.165, 1.54) is 23.2 Å². The molecule has 148 valence electrons. The molecular weight excluding hydrogens is 363 g/mol. The number of nitrogens with two attached hydrogens (primary N) is 1. The van der Waals surface area contributed by atoms with Crippen molar-refractivity contribution in [2.75, 3.05) is 33.0 Å². The Morgan fingerprint density at radius 2 is 2.04 bits per heavy atom. The second-order valence-electron chi connectivity index (χ2n) is 6.78. The second-order valence-corrected chi connectivity index (χ2v) is 6.78. The lowest BCUT2D eigenvalue weighted by Crippen LogP contribution is -2.27. The average molecular weight is 386 g/mol. The van der Waals surface area contributed by atoms with E-state index in [9.17, 15) is 9.18 Å². The molecule has 1 aromatic heterocycles. The highest BCUT2D eigenvalue weighted by Gasteiger charge is 2.23. The van der Waals surface area contributed by atoms with Gasteiger partial charge < -0.3 is 20.1 Å². The fourth-order valence-electron chi connectivity index (χ4n) is 2.98. The quantitative estimate of drug-likeness (QED) is 0.769. The predicted molar refractivity (Wildman–Crippen MR) is 103 cm³/mol. The van der Waals surface area contributed by atoms with Crippen molar-refractivity contribution in [1.29, 1.82) is 5.41 Å². The summed E-state index contributed by atoms with van der Waals surface area (Å²) in [5, 5.41) is 8.54. The van der Waals surface area contributed by atoms with Crippen LogP contribution in [0, 0.1) is 11.2 Å². The standard InChI is InChI=1S/C20H23FN4O3/c1-25(2)20(26)14-4-3-12(11-15(14)21)18(23)17-16(22)5-8-24-19(17)28-13-6-9-27-10-7-13/h3-5,8,11,13,23H,6-7,9-10H2,1-2H3,(H2,22,24). The van der Waals surface area contributed by atoms with Gasteiger partial charge in [0.1, 0.15) is 11.9 Å². The Kier molecular flexibility index (Phi) is 5.89. The number of hydrogen-bond acceptors (Lipinski definition) is 6. The number of nitrogens with one attached hydrogen (secondary N) is 1. The molecule has 0 saturated carbocycles. The van der Waals surface area contributed by atoms with Gasteiger partial charge in [0.15, 0.2) is 0 Å². The number of hydrogen-bond donors (Lipinski definition) is 2. The first-order valence-electron chi connectivity index (χ1n) is 8.98.